The fourth-order valence-corrected chi connectivity index (χ4v) is 6.31. The van der Waals surface area contributed by atoms with Crippen LogP contribution in [0.1, 0.15) is 43.1 Å². The Balaban J connectivity index is 1.56. The molecule has 2 heterocycles. The smallest absolute Gasteiger partial charge is 0.243 e. The first kappa shape index (κ1) is 22.3. The Labute approximate surface area is 194 Å². The van der Waals surface area contributed by atoms with Crippen molar-refractivity contribution < 1.29 is 12.8 Å². The van der Waals surface area contributed by atoms with Gasteiger partial charge in [0.05, 0.1) is 22.8 Å². The fraction of sp³-hybridized carbons (Fsp3) is 0.400. The van der Waals surface area contributed by atoms with Crippen molar-refractivity contribution in [2.45, 2.75) is 56.6 Å². The summed E-state index contributed by atoms with van der Waals surface area (Å²) in [5.74, 6) is -0.332. The first-order chi connectivity index (χ1) is 16.0. The summed E-state index contributed by atoms with van der Waals surface area (Å²) in [7, 11) is -3.65. The zero-order valence-electron chi connectivity index (χ0n) is 18.8. The molecule has 0 radical (unpaired) electrons. The number of sulfonamides is 1. The molecule has 0 atom stereocenters. The Morgan fingerprint density at radius 1 is 1.09 bits per heavy atom. The molecule has 2 aliphatic rings. The van der Waals surface area contributed by atoms with Crippen molar-refractivity contribution in [3.63, 3.8) is 0 Å². The number of aromatic nitrogens is 2. The number of nitrogens with zero attached hydrogens (tertiary/aromatic N) is 4. The maximum atomic E-state index is 14.7. The Kier molecular flexibility index (Phi) is 6.07. The van der Waals surface area contributed by atoms with E-state index in [1.807, 2.05) is 6.07 Å². The molecule has 0 saturated heterocycles. The van der Waals surface area contributed by atoms with E-state index in [0.717, 1.165) is 55.7 Å². The first-order valence-electron chi connectivity index (χ1n) is 11.6. The van der Waals surface area contributed by atoms with Crippen molar-refractivity contribution in [1.29, 1.82) is 0 Å². The molecule has 5 rings (SSSR count). The summed E-state index contributed by atoms with van der Waals surface area (Å²) >= 11 is 0. The zero-order valence-corrected chi connectivity index (χ0v) is 19.6. The van der Waals surface area contributed by atoms with E-state index < -0.39 is 10.0 Å². The third-order valence-electron chi connectivity index (χ3n) is 6.45. The summed E-state index contributed by atoms with van der Waals surface area (Å²) in [5.41, 5.74) is 3.15. The minimum Gasteiger partial charge on any atom is -0.299 e. The van der Waals surface area contributed by atoms with Gasteiger partial charge in [0.1, 0.15) is 11.5 Å². The van der Waals surface area contributed by atoms with E-state index in [4.69, 9.17) is 5.10 Å². The van der Waals surface area contributed by atoms with Gasteiger partial charge < -0.3 is 0 Å². The van der Waals surface area contributed by atoms with Crippen LogP contribution >= 0.6 is 0 Å². The molecule has 1 aliphatic heterocycles. The predicted octanol–water partition coefficient (Wildman–Crippen LogP) is 4.13. The monoisotopic (exact) mass is 468 g/mol. The van der Waals surface area contributed by atoms with Crippen LogP contribution in [-0.2, 0) is 29.5 Å². The Morgan fingerprint density at radius 3 is 2.52 bits per heavy atom. The van der Waals surface area contributed by atoms with Gasteiger partial charge in [0.25, 0.3) is 0 Å². The van der Waals surface area contributed by atoms with Gasteiger partial charge in [-0.1, -0.05) is 37.3 Å². The summed E-state index contributed by atoms with van der Waals surface area (Å²) in [6.07, 6.45) is 3.50. The molecule has 1 aromatic heterocycles. The number of hydrogen-bond donors (Lipinski definition) is 0. The third-order valence-corrected chi connectivity index (χ3v) is 8.36. The van der Waals surface area contributed by atoms with E-state index in [9.17, 15) is 12.8 Å². The van der Waals surface area contributed by atoms with Gasteiger partial charge in [0, 0.05) is 31.1 Å². The average molecular weight is 469 g/mol. The number of para-hydroxylation sites is 1. The molecular formula is C25H29FN4O2S. The second kappa shape index (κ2) is 9.00. The van der Waals surface area contributed by atoms with Gasteiger partial charge in [-0.3, -0.25) is 4.90 Å². The lowest BCUT2D eigenvalue weighted by molar-refractivity contribution is 0.251. The Hall–Kier alpha value is -2.55. The van der Waals surface area contributed by atoms with Gasteiger partial charge >= 0.3 is 0 Å². The molecule has 174 valence electrons. The van der Waals surface area contributed by atoms with Crippen LogP contribution in [0, 0.1) is 5.82 Å². The highest BCUT2D eigenvalue weighted by Gasteiger charge is 2.39. The molecule has 6 nitrogen and oxygen atoms in total. The molecule has 0 unspecified atom stereocenters. The molecule has 2 aromatic carbocycles. The fourth-order valence-electron chi connectivity index (χ4n) is 4.65. The van der Waals surface area contributed by atoms with Crippen molar-refractivity contribution in [2.24, 2.45) is 0 Å². The molecule has 0 amide bonds. The molecule has 3 aromatic rings. The lowest BCUT2D eigenvalue weighted by Gasteiger charge is -2.28. The molecule has 0 bridgehead atoms. The number of fused-ring (bicyclic) bond motifs is 1. The molecule has 1 saturated carbocycles. The maximum absolute atomic E-state index is 14.7. The van der Waals surface area contributed by atoms with E-state index in [1.54, 1.807) is 51.5 Å². The standard InChI is InChI=1S/C25H29FN4O2S/c1-2-15-28-16-14-24-21(17-28)23(27-30(24)25-11-7-6-10-22(25)26)18-29(19-12-13-19)33(31,32)20-8-4-3-5-9-20/h3-11,19H,2,12-18H2,1H3. The van der Waals surface area contributed by atoms with Crippen LogP contribution in [0.2, 0.25) is 0 Å². The quantitative estimate of drug-likeness (QED) is 0.499. The molecule has 0 N–H and O–H groups in total. The first-order valence-corrected chi connectivity index (χ1v) is 13.1. The van der Waals surface area contributed by atoms with Gasteiger partial charge in [-0.15, -0.1) is 0 Å². The van der Waals surface area contributed by atoms with Crippen molar-refractivity contribution >= 4 is 10.0 Å². The average Bonchev–Trinajstić information content (AvgIpc) is 3.60. The highest BCUT2D eigenvalue weighted by atomic mass is 32.2. The highest BCUT2D eigenvalue weighted by molar-refractivity contribution is 7.89. The summed E-state index contributed by atoms with van der Waals surface area (Å²) in [5, 5.41) is 4.82. The molecule has 33 heavy (non-hydrogen) atoms. The summed E-state index contributed by atoms with van der Waals surface area (Å²) in [6.45, 7) is 4.91. The summed E-state index contributed by atoms with van der Waals surface area (Å²) in [6, 6.07) is 15.2. The molecule has 1 fully saturated rings. The predicted molar refractivity (Wildman–Crippen MR) is 125 cm³/mol. The van der Waals surface area contributed by atoms with Crippen molar-refractivity contribution in [1.82, 2.24) is 19.0 Å². The maximum Gasteiger partial charge on any atom is 0.243 e. The minimum absolute atomic E-state index is 0.0141. The van der Waals surface area contributed by atoms with E-state index in [2.05, 4.69) is 11.8 Å². The van der Waals surface area contributed by atoms with E-state index in [0.29, 0.717) is 17.1 Å². The van der Waals surface area contributed by atoms with Crippen LogP contribution < -0.4 is 0 Å². The lowest BCUT2D eigenvalue weighted by Crippen LogP contribution is -2.34. The van der Waals surface area contributed by atoms with Crippen molar-refractivity contribution in [3.8, 4) is 5.69 Å². The number of benzene rings is 2. The largest absolute Gasteiger partial charge is 0.299 e. The van der Waals surface area contributed by atoms with Crippen LogP contribution in [0.4, 0.5) is 4.39 Å². The number of rotatable bonds is 8. The van der Waals surface area contributed by atoms with Crippen LogP contribution in [0.3, 0.4) is 0 Å². The molecule has 1 aliphatic carbocycles. The Bertz CT molecular complexity index is 1240. The van der Waals surface area contributed by atoms with Gasteiger partial charge in [-0.2, -0.15) is 9.40 Å². The molecule has 8 heteroatoms. The number of halogens is 1. The van der Waals surface area contributed by atoms with Gasteiger partial charge in [0.2, 0.25) is 10.0 Å². The second-order valence-electron chi connectivity index (χ2n) is 8.86. The zero-order chi connectivity index (χ0) is 23.0. The van der Waals surface area contributed by atoms with Crippen LogP contribution in [0.5, 0.6) is 0 Å². The molecular weight excluding hydrogens is 439 g/mol. The van der Waals surface area contributed by atoms with Gasteiger partial charge in [-0.05, 0) is 50.1 Å². The van der Waals surface area contributed by atoms with E-state index in [1.165, 1.54) is 6.07 Å². The third kappa shape index (κ3) is 4.35. The highest BCUT2D eigenvalue weighted by Crippen LogP contribution is 2.35. The van der Waals surface area contributed by atoms with E-state index >= 15 is 0 Å². The van der Waals surface area contributed by atoms with Gasteiger partial charge in [0.15, 0.2) is 0 Å². The SMILES string of the molecule is CCCN1CCc2c(c(CN(C3CC3)S(=O)(=O)c3ccccc3)nn2-c2ccccc2F)C1. The van der Waals surface area contributed by atoms with E-state index in [-0.39, 0.29) is 18.4 Å². The molecule has 0 spiro atoms. The topological polar surface area (TPSA) is 58.4 Å². The Morgan fingerprint density at radius 2 is 1.82 bits per heavy atom. The van der Waals surface area contributed by atoms with Gasteiger partial charge in [-0.25, -0.2) is 17.5 Å². The van der Waals surface area contributed by atoms with Crippen molar-refractivity contribution in [2.75, 3.05) is 13.1 Å². The minimum atomic E-state index is -3.65. The van der Waals surface area contributed by atoms with Crippen LogP contribution in [-0.4, -0.2) is 46.5 Å². The second-order valence-corrected chi connectivity index (χ2v) is 10.7. The number of hydrogen-bond acceptors (Lipinski definition) is 4. The summed E-state index contributed by atoms with van der Waals surface area (Å²) < 4.78 is 45.0. The summed E-state index contributed by atoms with van der Waals surface area (Å²) in [4.78, 5) is 2.67. The lowest BCUT2D eigenvalue weighted by atomic mass is 10.0. The van der Waals surface area contributed by atoms with Crippen molar-refractivity contribution in [3.05, 3.63) is 77.4 Å². The van der Waals surface area contributed by atoms with Crippen LogP contribution in [0.15, 0.2) is 59.5 Å². The van der Waals surface area contributed by atoms with Crippen LogP contribution in [0.25, 0.3) is 5.69 Å². The normalized spacial score (nSPS) is 16.8.